The zero-order chi connectivity index (χ0) is 9.73. The minimum atomic E-state index is -0.664. The average Bonchev–Trinajstić information content (AvgIpc) is 2.04. The van der Waals surface area contributed by atoms with E-state index in [1.807, 2.05) is 37.3 Å². The van der Waals surface area contributed by atoms with Crippen molar-refractivity contribution in [3.05, 3.63) is 48.6 Å². The van der Waals surface area contributed by atoms with Gasteiger partial charge in [0.05, 0.1) is 5.60 Å². The van der Waals surface area contributed by atoms with Crippen molar-refractivity contribution in [2.75, 3.05) is 0 Å². The molecule has 0 amide bonds. The zero-order valence-electron chi connectivity index (χ0n) is 8.03. The Bertz CT molecular complexity index is 262. The van der Waals surface area contributed by atoms with Crippen molar-refractivity contribution in [2.24, 2.45) is 0 Å². The van der Waals surface area contributed by atoms with Gasteiger partial charge < -0.3 is 5.11 Å². The van der Waals surface area contributed by atoms with E-state index in [0.717, 1.165) is 5.56 Å². The molecule has 1 aromatic carbocycles. The quantitative estimate of drug-likeness (QED) is 0.699. The van der Waals surface area contributed by atoms with E-state index in [0.29, 0.717) is 12.8 Å². The minimum absolute atomic E-state index is 0.627. The summed E-state index contributed by atoms with van der Waals surface area (Å²) in [6.45, 7) is 5.46. The summed E-state index contributed by atoms with van der Waals surface area (Å²) >= 11 is 0. The van der Waals surface area contributed by atoms with E-state index in [-0.39, 0.29) is 0 Å². The Morgan fingerprint density at radius 1 is 1.38 bits per heavy atom. The van der Waals surface area contributed by atoms with Crippen LogP contribution >= 0.6 is 0 Å². The molecule has 0 fully saturated rings. The van der Waals surface area contributed by atoms with Crippen molar-refractivity contribution in [1.82, 2.24) is 0 Å². The van der Waals surface area contributed by atoms with Gasteiger partial charge in [-0.15, -0.1) is 6.58 Å². The van der Waals surface area contributed by atoms with E-state index in [4.69, 9.17) is 0 Å². The summed E-state index contributed by atoms with van der Waals surface area (Å²) < 4.78 is 0. The highest BCUT2D eigenvalue weighted by molar-refractivity contribution is 5.17. The molecular weight excluding hydrogens is 160 g/mol. The predicted octanol–water partition coefficient (Wildman–Crippen LogP) is 2.56. The lowest BCUT2D eigenvalue weighted by atomic mass is 9.93. The van der Waals surface area contributed by atoms with E-state index in [9.17, 15) is 5.11 Å². The standard InChI is InChI=1S/C12H16O/c1-3-9-12(2,13)10-11-7-5-4-6-8-11/h3-8,13H,1,9-10H2,2H3. The molecule has 0 saturated carbocycles. The summed E-state index contributed by atoms with van der Waals surface area (Å²) in [5.41, 5.74) is 0.498. The molecule has 0 bridgehead atoms. The maximum atomic E-state index is 9.90. The number of rotatable bonds is 4. The van der Waals surface area contributed by atoms with Crippen LogP contribution in [0, 0.1) is 0 Å². The van der Waals surface area contributed by atoms with Crippen LogP contribution in [0.15, 0.2) is 43.0 Å². The van der Waals surface area contributed by atoms with Crippen molar-refractivity contribution in [2.45, 2.75) is 25.4 Å². The van der Waals surface area contributed by atoms with Gasteiger partial charge in [-0.2, -0.15) is 0 Å². The Labute approximate surface area is 79.7 Å². The second-order valence-corrected chi connectivity index (χ2v) is 3.65. The van der Waals surface area contributed by atoms with Gasteiger partial charge in [0.1, 0.15) is 0 Å². The highest BCUT2D eigenvalue weighted by atomic mass is 16.3. The molecule has 13 heavy (non-hydrogen) atoms. The molecule has 1 nitrogen and oxygen atoms in total. The normalized spacial score (nSPS) is 14.9. The van der Waals surface area contributed by atoms with Crippen LogP contribution in [0.1, 0.15) is 18.9 Å². The van der Waals surface area contributed by atoms with E-state index < -0.39 is 5.60 Å². The van der Waals surface area contributed by atoms with E-state index in [1.54, 1.807) is 6.08 Å². The smallest absolute Gasteiger partial charge is 0.0694 e. The van der Waals surface area contributed by atoms with Gasteiger partial charge >= 0.3 is 0 Å². The summed E-state index contributed by atoms with van der Waals surface area (Å²) in [4.78, 5) is 0. The molecule has 1 rings (SSSR count). The van der Waals surface area contributed by atoms with Crippen LogP contribution in [0.4, 0.5) is 0 Å². The molecule has 0 saturated heterocycles. The molecule has 1 atom stereocenters. The second-order valence-electron chi connectivity index (χ2n) is 3.65. The summed E-state index contributed by atoms with van der Waals surface area (Å²) in [6.07, 6.45) is 3.06. The Kier molecular flexibility index (Phi) is 3.26. The van der Waals surface area contributed by atoms with E-state index >= 15 is 0 Å². The summed E-state index contributed by atoms with van der Waals surface area (Å²) in [7, 11) is 0. The Balaban J connectivity index is 2.63. The SMILES string of the molecule is C=CCC(C)(O)Cc1ccccc1. The second kappa shape index (κ2) is 4.24. The third kappa shape index (κ3) is 3.43. The van der Waals surface area contributed by atoms with Gasteiger partial charge in [-0.25, -0.2) is 0 Å². The minimum Gasteiger partial charge on any atom is -0.390 e. The fourth-order valence-electron chi connectivity index (χ4n) is 1.42. The van der Waals surface area contributed by atoms with Crippen LogP contribution in [-0.2, 0) is 6.42 Å². The first-order valence-electron chi connectivity index (χ1n) is 4.51. The molecule has 1 unspecified atom stereocenters. The van der Waals surface area contributed by atoms with Crippen LogP contribution in [-0.4, -0.2) is 10.7 Å². The number of aliphatic hydroxyl groups is 1. The number of hydrogen-bond acceptors (Lipinski definition) is 1. The molecule has 0 aliphatic heterocycles. The van der Waals surface area contributed by atoms with Crippen molar-refractivity contribution < 1.29 is 5.11 Å². The van der Waals surface area contributed by atoms with E-state index in [2.05, 4.69) is 6.58 Å². The zero-order valence-corrected chi connectivity index (χ0v) is 8.03. The third-order valence-corrected chi connectivity index (χ3v) is 2.01. The topological polar surface area (TPSA) is 20.2 Å². The summed E-state index contributed by atoms with van der Waals surface area (Å²) in [5, 5.41) is 9.90. The first-order valence-corrected chi connectivity index (χ1v) is 4.51. The highest BCUT2D eigenvalue weighted by Gasteiger charge is 2.18. The van der Waals surface area contributed by atoms with E-state index in [1.165, 1.54) is 0 Å². The number of hydrogen-bond donors (Lipinski definition) is 1. The lowest BCUT2D eigenvalue weighted by molar-refractivity contribution is 0.0637. The molecule has 1 N–H and O–H groups in total. The largest absolute Gasteiger partial charge is 0.390 e. The fourth-order valence-corrected chi connectivity index (χ4v) is 1.42. The molecule has 0 spiro atoms. The van der Waals surface area contributed by atoms with Crippen molar-refractivity contribution >= 4 is 0 Å². The predicted molar refractivity (Wildman–Crippen MR) is 55.6 cm³/mol. The van der Waals surface area contributed by atoms with Crippen LogP contribution in [0.2, 0.25) is 0 Å². The molecule has 0 radical (unpaired) electrons. The average molecular weight is 176 g/mol. The van der Waals surface area contributed by atoms with Crippen LogP contribution < -0.4 is 0 Å². The van der Waals surface area contributed by atoms with Crippen molar-refractivity contribution in [1.29, 1.82) is 0 Å². The lowest BCUT2D eigenvalue weighted by Gasteiger charge is -2.21. The molecular formula is C12H16O. The summed E-state index contributed by atoms with van der Waals surface area (Å²) in [6, 6.07) is 10.00. The molecule has 70 valence electrons. The van der Waals surface area contributed by atoms with Gasteiger partial charge in [-0.1, -0.05) is 36.4 Å². The van der Waals surface area contributed by atoms with Gasteiger partial charge in [0, 0.05) is 6.42 Å². The maximum Gasteiger partial charge on any atom is 0.0694 e. The van der Waals surface area contributed by atoms with Gasteiger partial charge in [-0.3, -0.25) is 0 Å². The Morgan fingerprint density at radius 2 is 2.00 bits per heavy atom. The maximum absolute atomic E-state index is 9.90. The van der Waals surface area contributed by atoms with Gasteiger partial charge in [0.25, 0.3) is 0 Å². The van der Waals surface area contributed by atoms with Crippen molar-refractivity contribution in [3.8, 4) is 0 Å². The first kappa shape index (κ1) is 10.0. The van der Waals surface area contributed by atoms with Crippen LogP contribution in [0.3, 0.4) is 0 Å². The Morgan fingerprint density at radius 3 is 2.54 bits per heavy atom. The molecule has 0 heterocycles. The van der Waals surface area contributed by atoms with Gasteiger partial charge in [-0.05, 0) is 18.9 Å². The van der Waals surface area contributed by atoms with Crippen LogP contribution in [0.5, 0.6) is 0 Å². The number of benzene rings is 1. The monoisotopic (exact) mass is 176 g/mol. The summed E-state index contributed by atoms with van der Waals surface area (Å²) in [5.74, 6) is 0. The molecule has 1 aromatic rings. The highest BCUT2D eigenvalue weighted by Crippen LogP contribution is 2.16. The molecule has 0 aliphatic carbocycles. The van der Waals surface area contributed by atoms with Crippen molar-refractivity contribution in [3.63, 3.8) is 0 Å². The molecule has 0 aromatic heterocycles. The van der Waals surface area contributed by atoms with Crippen LogP contribution in [0.25, 0.3) is 0 Å². The third-order valence-electron chi connectivity index (χ3n) is 2.01. The fraction of sp³-hybridized carbons (Fsp3) is 0.333. The molecule has 0 aliphatic rings. The lowest BCUT2D eigenvalue weighted by Crippen LogP contribution is -2.26. The Hall–Kier alpha value is -1.08. The first-order chi connectivity index (χ1) is 6.14. The van der Waals surface area contributed by atoms with Gasteiger partial charge in [0.2, 0.25) is 0 Å². The molecule has 1 heteroatoms. The van der Waals surface area contributed by atoms with Gasteiger partial charge in [0.15, 0.2) is 0 Å².